The number of H-pyrrole nitrogens is 2. The van der Waals surface area contributed by atoms with E-state index in [1.54, 1.807) is 0 Å². The second-order valence-electron chi connectivity index (χ2n) is 4.72. The minimum atomic E-state index is -0.208. The number of halogens is 1. The molecule has 0 saturated carbocycles. The van der Waals surface area contributed by atoms with Gasteiger partial charge in [0.2, 0.25) is 4.77 Å². The minimum absolute atomic E-state index is 0.208. The summed E-state index contributed by atoms with van der Waals surface area (Å²) in [7, 11) is 0. The molecule has 0 radical (unpaired) electrons. The van der Waals surface area contributed by atoms with E-state index in [0.29, 0.717) is 16.6 Å². The SMILES string of the molecule is CC(C)C(Cc1nc(=S)[nH][nH]1)c1ccc(F)cc1. The highest BCUT2D eigenvalue weighted by molar-refractivity contribution is 7.71. The number of aromatic nitrogens is 3. The molecule has 0 aliphatic heterocycles. The van der Waals surface area contributed by atoms with Crippen molar-refractivity contribution >= 4 is 12.2 Å². The molecule has 1 atom stereocenters. The molecule has 0 aliphatic rings. The van der Waals surface area contributed by atoms with Crippen LogP contribution >= 0.6 is 12.2 Å². The topological polar surface area (TPSA) is 44.5 Å². The van der Waals surface area contributed by atoms with Gasteiger partial charge >= 0.3 is 0 Å². The zero-order valence-corrected chi connectivity index (χ0v) is 11.2. The lowest BCUT2D eigenvalue weighted by molar-refractivity contribution is 0.485. The summed E-state index contributed by atoms with van der Waals surface area (Å²) in [5.74, 6) is 1.36. The van der Waals surface area contributed by atoms with Crippen molar-refractivity contribution in [3.05, 3.63) is 46.2 Å². The Morgan fingerprint density at radius 1 is 1.22 bits per heavy atom. The predicted octanol–water partition coefficient (Wildman–Crippen LogP) is 3.59. The van der Waals surface area contributed by atoms with Crippen LogP contribution in [0.25, 0.3) is 0 Å². The number of rotatable bonds is 4. The first kappa shape index (κ1) is 13.0. The Kier molecular flexibility index (Phi) is 3.91. The standard InChI is InChI=1S/C13H16FN3S/c1-8(2)11(7-12-15-13(18)17-16-12)9-3-5-10(14)6-4-9/h3-6,8,11H,7H2,1-2H3,(H2,15,16,17,18). The van der Waals surface area contributed by atoms with E-state index in [2.05, 4.69) is 29.0 Å². The molecule has 0 saturated heterocycles. The van der Waals surface area contributed by atoms with Gasteiger partial charge in [0.1, 0.15) is 11.6 Å². The van der Waals surface area contributed by atoms with Crippen LogP contribution in [0.1, 0.15) is 31.2 Å². The van der Waals surface area contributed by atoms with Crippen molar-refractivity contribution in [2.24, 2.45) is 5.92 Å². The van der Waals surface area contributed by atoms with Gasteiger partial charge in [0.15, 0.2) is 0 Å². The maximum absolute atomic E-state index is 12.9. The van der Waals surface area contributed by atoms with Gasteiger partial charge in [0.25, 0.3) is 0 Å². The van der Waals surface area contributed by atoms with Crippen LogP contribution in [-0.2, 0) is 6.42 Å². The van der Waals surface area contributed by atoms with Gasteiger partial charge in [-0.2, -0.15) is 0 Å². The summed E-state index contributed by atoms with van der Waals surface area (Å²) in [5.41, 5.74) is 1.12. The average molecular weight is 265 g/mol. The third-order valence-electron chi connectivity index (χ3n) is 3.07. The fraction of sp³-hybridized carbons (Fsp3) is 0.385. The maximum Gasteiger partial charge on any atom is 0.213 e. The third-order valence-corrected chi connectivity index (χ3v) is 3.26. The third kappa shape index (κ3) is 3.04. The molecular formula is C13H16FN3S. The van der Waals surface area contributed by atoms with Crippen molar-refractivity contribution in [3.8, 4) is 0 Å². The summed E-state index contributed by atoms with van der Waals surface area (Å²) in [6.07, 6.45) is 0.760. The van der Waals surface area contributed by atoms with E-state index in [0.717, 1.165) is 17.8 Å². The Hall–Kier alpha value is -1.49. The smallest absolute Gasteiger partial charge is 0.213 e. The van der Waals surface area contributed by atoms with E-state index in [9.17, 15) is 4.39 Å². The van der Waals surface area contributed by atoms with E-state index < -0.39 is 0 Å². The van der Waals surface area contributed by atoms with Gasteiger partial charge in [-0.3, -0.25) is 10.2 Å². The van der Waals surface area contributed by atoms with E-state index in [1.807, 2.05) is 12.1 Å². The molecule has 1 aromatic heterocycles. The van der Waals surface area contributed by atoms with Gasteiger partial charge in [-0.05, 0) is 41.7 Å². The zero-order valence-electron chi connectivity index (χ0n) is 10.4. The first-order chi connectivity index (χ1) is 8.56. The average Bonchev–Trinajstić information content (AvgIpc) is 2.73. The van der Waals surface area contributed by atoms with Gasteiger partial charge in [-0.1, -0.05) is 26.0 Å². The maximum atomic E-state index is 12.9. The van der Waals surface area contributed by atoms with Crippen molar-refractivity contribution in [2.45, 2.75) is 26.2 Å². The summed E-state index contributed by atoms with van der Waals surface area (Å²) in [6.45, 7) is 4.30. The number of aromatic amines is 2. The quantitative estimate of drug-likeness (QED) is 0.830. The summed E-state index contributed by atoms with van der Waals surface area (Å²) in [5, 5.41) is 5.75. The van der Waals surface area contributed by atoms with Gasteiger partial charge < -0.3 is 0 Å². The van der Waals surface area contributed by atoms with Crippen LogP contribution in [0.3, 0.4) is 0 Å². The summed E-state index contributed by atoms with van der Waals surface area (Å²) < 4.78 is 13.4. The Morgan fingerprint density at radius 3 is 2.39 bits per heavy atom. The van der Waals surface area contributed by atoms with Crippen molar-refractivity contribution in [3.63, 3.8) is 0 Å². The van der Waals surface area contributed by atoms with E-state index >= 15 is 0 Å². The fourth-order valence-corrected chi connectivity index (χ4v) is 2.22. The number of hydrogen-bond acceptors (Lipinski definition) is 2. The second-order valence-corrected chi connectivity index (χ2v) is 5.11. The van der Waals surface area contributed by atoms with E-state index in [1.165, 1.54) is 12.1 Å². The number of nitrogens with one attached hydrogen (secondary N) is 2. The molecular weight excluding hydrogens is 249 g/mol. The van der Waals surface area contributed by atoms with Crippen molar-refractivity contribution in [1.29, 1.82) is 0 Å². The molecule has 18 heavy (non-hydrogen) atoms. The molecule has 1 heterocycles. The van der Waals surface area contributed by atoms with Crippen LogP contribution in [0.5, 0.6) is 0 Å². The first-order valence-corrected chi connectivity index (χ1v) is 6.36. The fourth-order valence-electron chi connectivity index (χ4n) is 2.06. The molecule has 1 unspecified atom stereocenters. The zero-order chi connectivity index (χ0) is 13.1. The molecule has 0 aliphatic carbocycles. The van der Waals surface area contributed by atoms with E-state index in [-0.39, 0.29) is 5.82 Å². The molecule has 0 amide bonds. The first-order valence-electron chi connectivity index (χ1n) is 5.95. The Morgan fingerprint density at radius 2 is 1.89 bits per heavy atom. The monoisotopic (exact) mass is 265 g/mol. The van der Waals surface area contributed by atoms with Gasteiger partial charge in [0, 0.05) is 6.42 Å². The minimum Gasteiger partial charge on any atom is -0.286 e. The molecule has 0 spiro atoms. The highest BCUT2D eigenvalue weighted by atomic mass is 32.1. The highest BCUT2D eigenvalue weighted by Gasteiger charge is 2.18. The van der Waals surface area contributed by atoms with Crippen molar-refractivity contribution < 1.29 is 4.39 Å². The van der Waals surface area contributed by atoms with Gasteiger partial charge in [-0.25, -0.2) is 9.37 Å². The number of hydrogen-bond donors (Lipinski definition) is 2. The second kappa shape index (κ2) is 5.44. The molecule has 2 N–H and O–H groups in total. The van der Waals surface area contributed by atoms with E-state index in [4.69, 9.17) is 12.2 Å². The summed E-state index contributed by atoms with van der Waals surface area (Å²) in [6, 6.07) is 6.66. The largest absolute Gasteiger partial charge is 0.286 e. The Balaban J connectivity index is 2.23. The van der Waals surface area contributed by atoms with Crippen LogP contribution in [0.15, 0.2) is 24.3 Å². The Labute approximate surface area is 110 Å². The molecule has 5 heteroatoms. The molecule has 2 aromatic rings. The van der Waals surface area contributed by atoms with Gasteiger partial charge in [-0.15, -0.1) is 0 Å². The molecule has 0 fully saturated rings. The van der Waals surface area contributed by atoms with Crippen LogP contribution in [0, 0.1) is 16.5 Å². The molecule has 96 valence electrons. The van der Waals surface area contributed by atoms with Crippen LogP contribution < -0.4 is 0 Å². The lowest BCUT2D eigenvalue weighted by Gasteiger charge is -2.20. The number of benzene rings is 1. The molecule has 3 nitrogen and oxygen atoms in total. The predicted molar refractivity (Wildman–Crippen MR) is 71.5 cm³/mol. The van der Waals surface area contributed by atoms with Gasteiger partial charge in [0.05, 0.1) is 0 Å². The lowest BCUT2D eigenvalue weighted by atomic mass is 9.85. The Bertz CT molecular complexity index is 556. The van der Waals surface area contributed by atoms with Crippen LogP contribution in [-0.4, -0.2) is 15.2 Å². The highest BCUT2D eigenvalue weighted by Crippen LogP contribution is 2.27. The summed E-state index contributed by atoms with van der Waals surface area (Å²) >= 11 is 4.94. The summed E-state index contributed by atoms with van der Waals surface area (Å²) in [4.78, 5) is 4.21. The lowest BCUT2D eigenvalue weighted by Crippen LogP contribution is -2.11. The molecule has 2 rings (SSSR count). The van der Waals surface area contributed by atoms with Crippen molar-refractivity contribution in [2.75, 3.05) is 0 Å². The van der Waals surface area contributed by atoms with Crippen LogP contribution in [0.2, 0.25) is 0 Å². The molecule has 1 aromatic carbocycles. The number of nitrogens with zero attached hydrogens (tertiary/aromatic N) is 1. The molecule has 0 bridgehead atoms. The van der Waals surface area contributed by atoms with Crippen molar-refractivity contribution in [1.82, 2.24) is 15.2 Å². The normalized spacial score (nSPS) is 12.9. The van der Waals surface area contributed by atoms with Crippen LogP contribution in [0.4, 0.5) is 4.39 Å².